The Morgan fingerprint density at radius 3 is 2.40 bits per heavy atom. The van der Waals surface area contributed by atoms with Crippen LogP contribution < -0.4 is 25.0 Å². The molecule has 2 rings (SSSR count). The van der Waals surface area contributed by atoms with Gasteiger partial charge in [-0.15, -0.1) is 6.58 Å². The Labute approximate surface area is 183 Å². The van der Waals surface area contributed by atoms with E-state index in [1.165, 1.54) is 0 Å². The smallest absolute Gasteiger partial charge is 0.187 e. The Bertz CT molecular complexity index is 864. The molecule has 0 heterocycles. The number of hydrazone groups is 1. The Kier molecular flexibility index (Phi) is 9.67. The quantitative estimate of drug-likeness (QED) is 0.185. The van der Waals surface area contributed by atoms with E-state index in [4.69, 9.17) is 26.4 Å². The van der Waals surface area contributed by atoms with Gasteiger partial charge in [0.1, 0.15) is 5.75 Å². The van der Waals surface area contributed by atoms with Crippen LogP contribution in [0.15, 0.2) is 54.2 Å². The van der Waals surface area contributed by atoms with Crippen LogP contribution in [-0.4, -0.2) is 38.2 Å². The van der Waals surface area contributed by atoms with E-state index in [0.29, 0.717) is 36.4 Å². The molecular formula is C23H29N3O3S. The molecule has 2 N–H and O–H groups in total. The Morgan fingerprint density at radius 1 is 1.07 bits per heavy atom. The highest BCUT2D eigenvalue weighted by atomic mass is 32.1. The molecule has 0 spiro atoms. The van der Waals surface area contributed by atoms with Gasteiger partial charge in [0, 0.05) is 18.5 Å². The van der Waals surface area contributed by atoms with E-state index in [-0.39, 0.29) is 0 Å². The molecule has 0 aliphatic rings. The van der Waals surface area contributed by atoms with Gasteiger partial charge in [0.2, 0.25) is 0 Å². The number of benzene rings is 2. The summed E-state index contributed by atoms with van der Waals surface area (Å²) in [4.78, 5) is 0. The van der Waals surface area contributed by atoms with Crippen LogP contribution in [0, 0.1) is 13.8 Å². The molecule has 2 aromatic rings. The molecule has 0 radical (unpaired) electrons. The number of aryl methyl sites for hydroxylation is 2. The second-order valence-corrected chi connectivity index (χ2v) is 6.93. The maximum atomic E-state index is 5.99. The summed E-state index contributed by atoms with van der Waals surface area (Å²) in [7, 11) is 1.61. The highest BCUT2D eigenvalue weighted by Gasteiger charge is 2.10. The second kappa shape index (κ2) is 12.5. The predicted molar refractivity (Wildman–Crippen MR) is 126 cm³/mol. The van der Waals surface area contributed by atoms with Crippen molar-refractivity contribution in [2.75, 3.05) is 26.9 Å². The number of rotatable bonds is 11. The first kappa shape index (κ1) is 23.2. The highest BCUT2D eigenvalue weighted by molar-refractivity contribution is 7.80. The maximum absolute atomic E-state index is 5.99. The number of hydrogen-bond acceptors (Lipinski definition) is 5. The van der Waals surface area contributed by atoms with E-state index >= 15 is 0 Å². The summed E-state index contributed by atoms with van der Waals surface area (Å²) in [6.07, 6.45) is 4.10. The van der Waals surface area contributed by atoms with Crippen LogP contribution in [0.5, 0.6) is 17.2 Å². The first-order chi connectivity index (χ1) is 14.6. The van der Waals surface area contributed by atoms with E-state index in [9.17, 15) is 0 Å². The summed E-state index contributed by atoms with van der Waals surface area (Å²) in [6, 6.07) is 11.8. The van der Waals surface area contributed by atoms with Crippen LogP contribution >= 0.6 is 12.2 Å². The van der Waals surface area contributed by atoms with Gasteiger partial charge in [0.15, 0.2) is 16.6 Å². The summed E-state index contributed by atoms with van der Waals surface area (Å²) in [5, 5.41) is 7.52. The molecule has 6 nitrogen and oxygen atoms in total. The zero-order valence-electron chi connectivity index (χ0n) is 17.7. The van der Waals surface area contributed by atoms with Gasteiger partial charge in [-0.1, -0.05) is 30.3 Å². The summed E-state index contributed by atoms with van der Waals surface area (Å²) >= 11 is 5.12. The van der Waals surface area contributed by atoms with Crippen molar-refractivity contribution in [3.8, 4) is 17.2 Å². The van der Waals surface area contributed by atoms with Crippen LogP contribution in [-0.2, 0) is 0 Å². The lowest BCUT2D eigenvalue weighted by Crippen LogP contribution is -2.31. The lowest BCUT2D eigenvalue weighted by molar-refractivity contribution is 0.239. The number of ether oxygens (including phenoxy) is 3. The van der Waals surface area contributed by atoms with Crippen molar-refractivity contribution in [1.82, 2.24) is 10.7 Å². The van der Waals surface area contributed by atoms with Crippen molar-refractivity contribution in [2.45, 2.75) is 20.3 Å². The molecule has 0 fully saturated rings. The lowest BCUT2D eigenvalue weighted by Gasteiger charge is -2.14. The van der Waals surface area contributed by atoms with Crippen molar-refractivity contribution in [3.63, 3.8) is 0 Å². The van der Waals surface area contributed by atoms with Crippen molar-refractivity contribution in [1.29, 1.82) is 0 Å². The van der Waals surface area contributed by atoms with Gasteiger partial charge in [-0.05, 0) is 49.3 Å². The first-order valence-corrected chi connectivity index (χ1v) is 10.1. The third kappa shape index (κ3) is 7.08. The number of nitrogens with zero attached hydrogens (tertiary/aromatic N) is 1. The summed E-state index contributed by atoms with van der Waals surface area (Å²) in [5.74, 6) is 2.21. The molecule has 160 valence electrons. The van der Waals surface area contributed by atoms with Gasteiger partial charge in [-0.2, -0.15) is 5.10 Å². The third-order valence-electron chi connectivity index (χ3n) is 4.20. The molecule has 0 aromatic heterocycles. The predicted octanol–water partition coefficient (Wildman–Crippen LogP) is 4.14. The maximum Gasteiger partial charge on any atom is 0.187 e. The SMILES string of the molecule is C=CCNC(=S)NN=Cc1cccc(OC)c1OCCCOc1c(C)cccc1C. The molecule has 0 saturated heterocycles. The normalized spacial score (nSPS) is 10.5. The molecule has 0 saturated carbocycles. The Morgan fingerprint density at radius 2 is 1.73 bits per heavy atom. The molecule has 0 bridgehead atoms. The molecule has 30 heavy (non-hydrogen) atoms. The Balaban J connectivity index is 1.92. The molecule has 0 amide bonds. The van der Waals surface area contributed by atoms with Crippen LogP contribution in [0.3, 0.4) is 0 Å². The van der Waals surface area contributed by atoms with Crippen molar-refractivity contribution in [3.05, 3.63) is 65.7 Å². The zero-order chi connectivity index (χ0) is 21.8. The van der Waals surface area contributed by atoms with E-state index in [1.54, 1.807) is 19.4 Å². The molecule has 0 unspecified atom stereocenters. The number of para-hydroxylation sites is 2. The van der Waals surface area contributed by atoms with Gasteiger partial charge < -0.3 is 19.5 Å². The fourth-order valence-corrected chi connectivity index (χ4v) is 2.88. The molecule has 7 heteroatoms. The van der Waals surface area contributed by atoms with E-state index in [1.807, 2.05) is 50.2 Å². The van der Waals surface area contributed by atoms with Crippen molar-refractivity contribution >= 4 is 23.5 Å². The zero-order valence-corrected chi connectivity index (χ0v) is 18.6. The largest absolute Gasteiger partial charge is 0.493 e. The van der Waals surface area contributed by atoms with Crippen molar-refractivity contribution < 1.29 is 14.2 Å². The molecule has 2 aromatic carbocycles. The third-order valence-corrected chi connectivity index (χ3v) is 4.43. The van der Waals surface area contributed by atoms with Gasteiger partial charge in [0.25, 0.3) is 0 Å². The molecule has 0 atom stereocenters. The molecule has 0 aliphatic carbocycles. The minimum Gasteiger partial charge on any atom is -0.493 e. The van der Waals surface area contributed by atoms with E-state index in [2.05, 4.69) is 22.4 Å². The van der Waals surface area contributed by atoms with Crippen LogP contribution in [0.1, 0.15) is 23.1 Å². The van der Waals surface area contributed by atoms with Crippen molar-refractivity contribution in [2.24, 2.45) is 5.10 Å². The average Bonchev–Trinajstić information content (AvgIpc) is 2.74. The highest BCUT2D eigenvalue weighted by Crippen LogP contribution is 2.30. The fraction of sp³-hybridized carbons (Fsp3) is 0.304. The summed E-state index contributed by atoms with van der Waals surface area (Å²) in [5.41, 5.74) is 5.81. The van der Waals surface area contributed by atoms with Gasteiger partial charge in [-0.3, -0.25) is 5.43 Å². The number of hydrogen-bond donors (Lipinski definition) is 2. The monoisotopic (exact) mass is 427 g/mol. The standard InChI is InChI=1S/C23H29N3O3S/c1-5-13-24-23(30)26-25-16-19-11-7-12-20(27-4)22(19)29-15-8-14-28-21-17(2)9-6-10-18(21)3/h5-7,9-12,16H,1,8,13-15H2,2-4H3,(H2,24,26,30). The molecule has 0 aliphatic heterocycles. The summed E-state index contributed by atoms with van der Waals surface area (Å²) in [6.45, 7) is 9.34. The molecular weight excluding hydrogens is 398 g/mol. The minimum atomic E-state index is 0.417. The van der Waals surface area contributed by atoms with E-state index < -0.39 is 0 Å². The lowest BCUT2D eigenvalue weighted by atomic mass is 10.1. The van der Waals surface area contributed by atoms with Crippen LogP contribution in [0.2, 0.25) is 0 Å². The van der Waals surface area contributed by atoms with Gasteiger partial charge in [-0.25, -0.2) is 0 Å². The Hall–Kier alpha value is -3.06. The van der Waals surface area contributed by atoms with Crippen LogP contribution in [0.25, 0.3) is 0 Å². The summed E-state index contributed by atoms with van der Waals surface area (Å²) < 4.78 is 17.4. The topological polar surface area (TPSA) is 64.1 Å². The van der Waals surface area contributed by atoms with Gasteiger partial charge >= 0.3 is 0 Å². The minimum absolute atomic E-state index is 0.417. The average molecular weight is 428 g/mol. The van der Waals surface area contributed by atoms with E-state index in [0.717, 1.165) is 28.9 Å². The van der Waals surface area contributed by atoms with Gasteiger partial charge in [0.05, 0.1) is 26.5 Å². The number of thiocarbonyl (C=S) groups is 1. The second-order valence-electron chi connectivity index (χ2n) is 6.52. The first-order valence-electron chi connectivity index (χ1n) is 9.73. The number of nitrogens with one attached hydrogen (secondary N) is 2. The fourth-order valence-electron chi connectivity index (χ4n) is 2.75. The number of methoxy groups -OCH3 is 1. The van der Waals surface area contributed by atoms with Crippen LogP contribution in [0.4, 0.5) is 0 Å².